The molecule has 40 heavy (non-hydrogen) atoms. The maximum Gasteiger partial charge on any atom is 0.412 e. The molecule has 1 saturated carbocycles. The highest BCUT2D eigenvalue weighted by atomic mass is 32.1. The fraction of sp³-hybridized carbons (Fsp3) is 0.156. The van der Waals surface area contributed by atoms with E-state index in [9.17, 15) is 19.1 Å². The van der Waals surface area contributed by atoms with Crippen LogP contribution in [0.5, 0.6) is 0 Å². The van der Waals surface area contributed by atoms with Crippen molar-refractivity contribution in [2.45, 2.75) is 31.3 Å². The Labute approximate surface area is 234 Å². The van der Waals surface area contributed by atoms with Gasteiger partial charge in [0, 0.05) is 5.39 Å². The summed E-state index contributed by atoms with van der Waals surface area (Å²) < 4.78 is 19.6. The van der Waals surface area contributed by atoms with E-state index in [1.807, 2.05) is 78.9 Å². The number of halogens is 1. The number of carboxylic acids is 1. The van der Waals surface area contributed by atoms with Gasteiger partial charge in [0.05, 0.1) is 16.0 Å². The minimum absolute atomic E-state index is 0.457. The second-order valence-corrected chi connectivity index (χ2v) is 10.9. The highest BCUT2D eigenvalue weighted by Gasteiger charge is 2.51. The Hall–Kier alpha value is -4.56. The third-order valence-electron chi connectivity index (χ3n) is 7.38. The first-order chi connectivity index (χ1) is 19.3. The van der Waals surface area contributed by atoms with Crippen LogP contribution in [-0.2, 0) is 14.9 Å². The summed E-state index contributed by atoms with van der Waals surface area (Å²) in [5.74, 6) is -1.37. The molecule has 0 aliphatic heterocycles. The van der Waals surface area contributed by atoms with Crippen molar-refractivity contribution in [3.05, 3.63) is 108 Å². The molecule has 1 atom stereocenters. The standard InChI is InChI=1S/C32H25FN2O4S/c1-19(20-5-3-2-4-6-20)39-31(38)35-27-25-15-16-26(33)34-29(25)40-28(27)23-9-7-21(8-10-23)22-11-13-24(14-12-22)32(17-18-32)30(36)37/h2-16,19H,17-18H2,1H3,(H,35,38)(H,36,37)/t19-/m1/s1. The second-order valence-electron chi connectivity index (χ2n) is 9.92. The molecule has 0 spiro atoms. The average Bonchev–Trinajstić information content (AvgIpc) is 3.72. The fourth-order valence-electron chi connectivity index (χ4n) is 4.91. The SMILES string of the molecule is C[C@@H](OC(=O)Nc1c(-c2ccc(-c3ccc(C4(C(=O)O)CC4)cc3)cc2)sc2nc(F)ccc12)c1ccccc1. The molecule has 6 nitrogen and oxygen atoms in total. The fourth-order valence-corrected chi connectivity index (χ4v) is 6.04. The van der Waals surface area contributed by atoms with Crippen molar-refractivity contribution in [2.75, 3.05) is 5.32 Å². The van der Waals surface area contributed by atoms with E-state index in [-0.39, 0.29) is 0 Å². The van der Waals surface area contributed by atoms with Crippen molar-refractivity contribution in [2.24, 2.45) is 0 Å². The number of ether oxygens (including phenoxy) is 1. The molecule has 8 heteroatoms. The number of benzene rings is 3. The van der Waals surface area contributed by atoms with Crippen molar-refractivity contribution in [1.82, 2.24) is 4.98 Å². The number of aromatic nitrogens is 1. The van der Waals surface area contributed by atoms with Gasteiger partial charge >= 0.3 is 12.1 Å². The topological polar surface area (TPSA) is 88.5 Å². The molecule has 1 aliphatic rings. The largest absolute Gasteiger partial charge is 0.481 e. The van der Waals surface area contributed by atoms with Gasteiger partial charge in [0.15, 0.2) is 0 Å². The minimum atomic E-state index is -0.773. The molecular weight excluding hydrogens is 527 g/mol. The van der Waals surface area contributed by atoms with Crippen LogP contribution in [0.2, 0.25) is 0 Å². The summed E-state index contributed by atoms with van der Waals surface area (Å²) in [6.07, 6.45) is 0.257. The molecule has 1 fully saturated rings. The lowest BCUT2D eigenvalue weighted by molar-refractivity contribution is -0.140. The lowest BCUT2D eigenvalue weighted by Gasteiger charge is -2.15. The molecule has 2 aromatic heterocycles. The van der Waals surface area contributed by atoms with Crippen molar-refractivity contribution in [3.8, 4) is 21.6 Å². The van der Waals surface area contributed by atoms with Gasteiger partial charge in [-0.05, 0) is 59.7 Å². The van der Waals surface area contributed by atoms with Gasteiger partial charge in [-0.1, -0.05) is 78.9 Å². The van der Waals surface area contributed by atoms with E-state index in [0.29, 0.717) is 28.7 Å². The van der Waals surface area contributed by atoms with Crippen molar-refractivity contribution in [1.29, 1.82) is 0 Å². The number of amides is 1. The van der Waals surface area contributed by atoms with Crippen LogP contribution in [-0.4, -0.2) is 22.2 Å². The van der Waals surface area contributed by atoms with Gasteiger partial charge in [-0.3, -0.25) is 10.1 Å². The number of nitrogens with one attached hydrogen (secondary N) is 1. The molecule has 0 radical (unpaired) electrons. The zero-order valence-corrected chi connectivity index (χ0v) is 22.4. The summed E-state index contributed by atoms with van der Waals surface area (Å²) in [5.41, 5.74) is 4.24. The van der Waals surface area contributed by atoms with E-state index in [0.717, 1.165) is 32.7 Å². The van der Waals surface area contributed by atoms with E-state index in [2.05, 4.69) is 10.3 Å². The van der Waals surface area contributed by atoms with Crippen LogP contribution in [0.4, 0.5) is 14.9 Å². The molecule has 0 saturated heterocycles. The molecule has 2 N–H and O–H groups in total. The molecule has 1 amide bonds. The van der Waals surface area contributed by atoms with Gasteiger partial charge in [0.2, 0.25) is 5.95 Å². The van der Waals surface area contributed by atoms with E-state index >= 15 is 0 Å². The van der Waals surface area contributed by atoms with Crippen LogP contribution in [0.1, 0.15) is 37.0 Å². The van der Waals surface area contributed by atoms with Crippen molar-refractivity contribution in [3.63, 3.8) is 0 Å². The number of pyridine rings is 1. The first-order valence-electron chi connectivity index (χ1n) is 12.9. The van der Waals surface area contributed by atoms with Gasteiger partial charge in [-0.2, -0.15) is 4.39 Å². The normalized spacial score (nSPS) is 14.4. The Morgan fingerprint density at radius 2 is 1.55 bits per heavy atom. The number of aliphatic carboxylic acids is 1. The summed E-state index contributed by atoms with van der Waals surface area (Å²) >= 11 is 1.29. The van der Waals surface area contributed by atoms with E-state index in [1.165, 1.54) is 17.4 Å². The van der Waals surface area contributed by atoms with Crippen LogP contribution in [0.15, 0.2) is 91.0 Å². The van der Waals surface area contributed by atoms with Gasteiger partial charge < -0.3 is 9.84 Å². The number of anilines is 1. The minimum Gasteiger partial charge on any atom is -0.481 e. The first kappa shape index (κ1) is 25.7. The van der Waals surface area contributed by atoms with Crippen LogP contribution in [0, 0.1) is 5.95 Å². The lowest BCUT2D eigenvalue weighted by atomic mass is 9.93. The number of carbonyl (C=O) groups is 2. The number of hydrogen-bond acceptors (Lipinski definition) is 5. The molecule has 2 heterocycles. The molecular formula is C32H25FN2O4S. The Kier molecular flexibility index (Phi) is 6.56. The molecule has 0 unspecified atom stereocenters. The maximum atomic E-state index is 13.9. The smallest absolute Gasteiger partial charge is 0.412 e. The molecule has 6 rings (SSSR count). The summed E-state index contributed by atoms with van der Waals surface area (Å²) in [4.78, 5) is 29.8. The average molecular weight is 553 g/mol. The third-order valence-corrected chi connectivity index (χ3v) is 8.53. The highest BCUT2D eigenvalue weighted by Crippen LogP contribution is 2.49. The van der Waals surface area contributed by atoms with Crippen LogP contribution in [0.25, 0.3) is 31.8 Å². The van der Waals surface area contributed by atoms with Crippen LogP contribution in [0.3, 0.4) is 0 Å². The van der Waals surface area contributed by atoms with E-state index in [4.69, 9.17) is 4.74 Å². The van der Waals surface area contributed by atoms with Gasteiger partial charge in [0.1, 0.15) is 10.9 Å². The quantitative estimate of drug-likeness (QED) is 0.199. The Balaban J connectivity index is 1.27. The Morgan fingerprint density at radius 1 is 0.925 bits per heavy atom. The van der Waals surface area contributed by atoms with Gasteiger partial charge in [-0.15, -0.1) is 11.3 Å². The Bertz CT molecular complexity index is 1710. The van der Waals surface area contributed by atoms with Crippen molar-refractivity contribution >= 4 is 39.3 Å². The number of rotatable bonds is 7. The van der Waals surface area contributed by atoms with Gasteiger partial charge in [-0.25, -0.2) is 9.78 Å². The molecule has 200 valence electrons. The summed E-state index contributed by atoms with van der Waals surface area (Å²) in [6, 6.07) is 27.8. The first-order valence-corrected chi connectivity index (χ1v) is 13.7. The molecule has 1 aliphatic carbocycles. The number of nitrogens with zero attached hydrogens (tertiary/aromatic N) is 1. The predicted molar refractivity (Wildman–Crippen MR) is 154 cm³/mol. The summed E-state index contributed by atoms with van der Waals surface area (Å²) in [7, 11) is 0. The molecule has 0 bridgehead atoms. The Morgan fingerprint density at radius 3 is 2.17 bits per heavy atom. The zero-order chi connectivity index (χ0) is 27.9. The van der Waals surface area contributed by atoms with Gasteiger partial charge in [0.25, 0.3) is 0 Å². The van der Waals surface area contributed by atoms with E-state index < -0.39 is 29.5 Å². The summed E-state index contributed by atoms with van der Waals surface area (Å²) in [5, 5.41) is 13.1. The number of fused-ring (bicyclic) bond motifs is 1. The lowest BCUT2D eigenvalue weighted by Crippen LogP contribution is -2.19. The number of carbonyl (C=O) groups excluding carboxylic acids is 1. The highest BCUT2D eigenvalue weighted by molar-refractivity contribution is 7.22. The number of carboxylic acid groups (broad SMARTS) is 1. The summed E-state index contributed by atoms with van der Waals surface area (Å²) in [6.45, 7) is 1.80. The van der Waals surface area contributed by atoms with Crippen LogP contribution < -0.4 is 5.32 Å². The van der Waals surface area contributed by atoms with E-state index in [1.54, 1.807) is 13.0 Å². The number of hydrogen-bond donors (Lipinski definition) is 2. The van der Waals surface area contributed by atoms with Crippen LogP contribution >= 0.6 is 11.3 Å². The molecule has 5 aromatic rings. The number of thiophene rings is 1. The maximum absolute atomic E-state index is 13.9. The second kappa shape index (κ2) is 10.2. The zero-order valence-electron chi connectivity index (χ0n) is 21.6. The predicted octanol–water partition coefficient (Wildman–Crippen LogP) is 8.20. The monoisotopic (exact) mass is 552 g/mol. The molecule has 3 aromatic carbocycles. The third kappa shape index (κ3) is 4.82. The van der Waals surface area contributed by atoms with Crippen molar-refractivity contribution < 1.29 is 23.8 Å².